The number of amides is 1. The monoisotopic (exact) mass is 494 g/mol. The normalized spacial score (nSPS) is 15.6. The molecule has 0 bridgehead atoms. The number of fused-ring (bicyclic) bond motifs is 1. The molecular formula is C31H30N2O4. The van der Waals surface area contributed by atoms with E-state index in [1.165, 1.54) is 0 Å². The highest BCUT2D eigenvalue weighted by Gasteiger charge is 2.43. The molecule has 1 unspecified atom stereocenters. The average Bonchev–Trinajstić information content (AvgIpc) is 3.45. The van der Waals surface area contributed by atoms with E-state index in [4.69, 9.17) is 4.74 Å². The number of carbonyl (C=O) groups is 2. The summed E-state index contributed by atoms with van der Waals surface area (Å²) in [6.07, 6.45) is 3.49. The van der Waals surface area contributed by atoms with Crippen LogP contribution in [0, 0.1) is 0 Å². The van der Waals surface area contributed by atoms with Gasteiger partial charge in [-0.05, 0) is 53.3 Å². The summed E-state index contributed by atoms with van der Waals surface area (Å²) in [6, 6.07) is 22.5. The summed E-state index contributed by atoms with van der Waals surface area (Å²) >= 11 is 0. The molecular weight excluding hydrogens is 464 g/mol. The molecule has 5 rings (SSSR count). The van der Waals surface area contributed by atoms with Crippen molar-refractivity contribution in [2.45, 2.75) is 32.2 Å². The highest BCUT2D eigenvalue weighted by Crippen LogP contribution is 2.38. The van der Waals surface area contributed by atoms with Crippen LogP contribution in [0.4, 0.5) is 0 Å². The van der Waals surface area contributed by atoms with E-state index in [1.807, 2.05) is 79.0 Å². The number of H-pyrrole nitrogens is 1. The SMILES string of the molecule is CCc1ccc(C2C(C(=O)Cc3ccccc3)=C(O)C(=O)N2CCc2c[nH]c3ccc(OC)cc23)cc1. The van der Waals surface area contributed by atoms with Gasteiger partial charge in [0.05, 0.1) is 18.7 Å². The van der Waals surface area contributed by atoms with Gasteiger partial charge in [0.1, 0.15) is 5.75 Å². The van der Waals surface area contributed by atoms with Crippen molar-refractivity contribution in [3.05, 3.63) is 113 Å². The lowest BCUT2D eigenvalue weighted by atomic mass is 9.92. The van der Waals surface area contributed by atoms with Crippen molar-refractivity contribution < 1.29 is 19.4 Å². The second-order valence-electron chi connectivity index (χ2n) is 9.32. The topological polar surface area (TPSA) is 82.6 Å². The van der Waals surface area contributed by atoms with Gasteiger partial charge in [0, 0.05) is 30.1 Å². The Morgan fingerprint density at radius 1 is 1.03 bits per heavy atom. The third-order valence-corrected chi connectivity index (χ3v) is 7.11. The Balaban J connectivity index is 1.47. The van der Waals surface area contributed by atoms with E-state index in [0.717, 1.165) is 45.3 Å². The molecule has 188 valence electrons. The molecule has 0 aliphatic carbocycles. The number of nitrogens with one attached hydrogen (secondary N) is 1. The van der Waals surface area contributed by atoms with Crippen LogP contribution in [0.25, 0.3) is 10.9 Å². The third kappa shape index (κ3) is 4.75. The Labute approximate surface area is 216 Å². The maximum absolute atomic E-state index is 13.5. The lowest BCUT2D eigenvalue weighted by Crippen LogP contribution is -2.33. The van der Waals surface area contributed by atoms with Crippen LogP contribution in [-0.4, -0.2) is 40.3 Å². The van der Waals surface area contributed by atoms with Gasteiger partial charge in [-0.2, -0.15) is 0 Å². The van der Waals surface area contributed by atoms with Crippen molar-refractivity contribution in [1.29, 1.82) is 0 Å². The van der Waals surface area contributed by atoms with E-state index in [1.54, 1.807) is 12.0 Å². The lowest BCUT2D eigenvalue weighted by Gasteiger charge is -2.27. The Bertz CT molecular complexity index is 1470. The number of methoxy groups -OCH3 is 1. The molecule has 0 radical (unpaired) electrons. The molecule has 0 fully saturated rings. The molecule has 4 aromatic rings. The number of rotatable bonds is 9. The average molecular weight is 495 g/mol. The molecule has 1 atom stereocenters. The second kappa shape index (κ2) is 10.3. The van der Waals surface area contributed by atoms with Crippen LogP contribution in [0.2, 0.25) is 0 Å². The summed E-state index contributed by atoms with van der Waals surface area (Å²) < 4.78 is 5.38. The van der Waals surface area contributed by atoms with Crippen LogP contribution < -0.4 is 4.74 Å². The largest absolute Gasteiger partial charge is 0.503 e. The zero-order chi connectivity index (χ0) is 25.9. The number of Topliss-reactive ketones (excluding diaryl/α,β-unsaturated/α-hetero) is 1. The molecule has 3 aromatic carbocycles. The predicted octanol–water partition coefficient (Wildman–Crippen LogP) is 5.49. The number of nitrogens with zero attached hydrogens (tertiary/aromatic N) is 1. The maximum atomic E-state index is 13.5. The van der Waals surface area contributed by atoms with E-state index in [0.29, 0.717) is 13.0 Å². The van der Waals surface area contributed by atoms with Gasteiger partial charge in [-0.15, -0.1) is 0 Å². The van der Waals surface area contributed by atoms with Gasteiger partial charge < -0.3 is 19.7 Å². The van der Waals surface area contributed by atoms with E-state index in [2.05, 4.69) is 11.9 Å². The number of aromatic amines is 1. The minimum atomic E-state index is -0.644. The summed E-state index contributed by atoms with van der Waals surface area (Å²) in [7, 11) is 1.63. The van der Waals surface area contributed by atoms with Crippen molar-refractivity contribution in [3.63, 3.8) is 0 Å². The predicted molar refractivity (Wildman–Crippen MR) is 144 cm³/mol. The second-order valence-corrected chi connectivity index (χ2v) is 9.32. The molecule has 1 aliphatic rings. The van der Waals surface area contributed by atoms with Gasteiger partial charge in [0.2, 0.25) is 0 Å². The molecule has 2 heterocycles. The summed E-state index contributed by atoms with van der Waals surface area (Å²) in [5, 5.41) is 12.0. The lowest BCUT2D eigenvalue weighted by molar-refractivity contribution is -0.129. The molecule has 1 aromatic heterocycles. The quantitative estimate of drug-likeness (QED) is 0.322. The highest BCUT2D eigenvalue weighted by atomic mass is 16.5. The fourth-order valence-corrected chi connectivity index (χ4v) is 5.06. The smallest absolute Gasteiger partial charge is 0.290 e. The number of hydrogen-bond acceptors (Lipinski definition) is 4. The highest BCUT2D eigenvalue weighted by molar-refractivity contribution is 6.09. The van der Waals surface area contributed by atoms with Crippen LogP contribution in [0.5, 0.6) is 5.75 Å². The van der Waals surface area contributed by atoms with E-state index in [9.17, 15) is 14.7 Å². The molecule has 6 heteroatoms. The first-order valence-electron chi connectivity index (χ1n) is 12.5. The fourth-order valence-electron chi connectivity index (χ4n) is 5.06. The van der Waals surface area contributed by atoms with Crippen LogP contribution in [0.3, 0.4) is 0 Å². The summed E-state index contributed by atoms with van der Waals surface area (Å²) in [6.45, 7) is 2.42. The first kappa shape index (κ1) is 24.4. The number of aliphatic hydroxyl groups excluding tert-OH is 1. The zero-order valence-corrected chi connectivity index (χ0v) is 21.0. The zero-order valence-electron chi connectivity index (χ0n) is 21.0. The number of ether oxygens (including phenoxy) is 1. The van der Waals surface area contributed by atoms with E-state index < -0.39 is 17.7 Å². The van der Waals surface area contributed by atoms with Crippen LogP contribution in [0.1, 0.15) is 35.2 Å². The Kier molecular flexibility index (Phi) is 6.82. The number of ketones is 1. The number of hydrogen-bond donors (Lipinski definition) is 2. The Morgan fingerprint density at radius 2 is 1.78 bits per heavy atom. The number of aliphatic hydroxyl groups is 1. The van der Waals surface area contributed by atoms with E-state index in [-0.39, 0.29) is 17.8 Å². The summed E-state index contributed by atoms with van der Waals surface area (Å²) in [4.78, 5) is 31.7. The molecule has 0 saturated heterocycles. The van der Waals surface area contributed by atoms with Crippen molar-refractivity contribution in [1.82, 2.24) is 9.88 Å². The number of aryl methyl sites for hydroxylation is 1. The van der Waals surface area contributed by atoms with Gasteiger partial charge in [0.15, 0.2) is 11.5 Å². The van der Waals surface area contributed by atoms with Crippen molar-refractivity contribution in [2.24, 2.45) is 0 Å². The van der Waals surface area contributed by atoms with Crippen molar-refractivity contribution in [3.8, 4) is 5.75 Å². The van der Waals surface area contributed by atoms with Gasteiger partial charge in [0.25, 0.3) is 5.91 Å². The van der Waals surface area contributed by atoms with Gasteiger partial charge in [-0.3, -0.25) is 9.59 Å². The Hall–Kier alpha value is -4.32. The minimum Gasteiger partial charge on any atom is -0.503 e. The number of benzene rings is 3. The fraction of sp³-hybridized carbons (Fsp3) is 0.226. The van der Waals surface area contributed by atoms with Crippen LogP contribution >= 0.6 is 0 Å². The number of carbonyl (C=O) groups excluding carboxylic acids is 2. The van der Waals surface area contributed by atoms with E-state index >= 15 is 0 Å². The summed E-state index contributed by atoms with van der Waals surface area (Å²) in [5.74, 6) is -0.460. The first-order valence-corrected chi connectivity index (χ1v) is 12.5. The van der Waals surface area contributed by atoms with Gasteiger partial charge in [-0.25, -0.2) is 0 Å². The molecule has 2 N–H and O–H groups in total. The Morgan fingerprint density at radius 3 is 2.49 bits per heavy atom. The minimum absolute atomic E-state index is 0.118. The third-order valence-electron chi connectivity index (χ3n) is 7.11. The first-order chi connectivity index (χ1) is 18.0. The molecule has 0 saturated carbocycles. The molecule has 1 amide bonds. The molecule has 1 aliphatic heterocycles. The van der Waals surface area contributed by atoms with Crippen molar-refractivity contribution in [2.75, 3.05) is 13.7 Å². The standard InChI is InChI=1S/C31H30N2O4/c1-3-20-9-11-22(12-10-20)29-28(27(34)17-21-7-5-4-6-8-21)30(35)31(36)33(29)16-15-23-19-32-26-14-13-24(37-2)18-25(23)26/h4-14,18-19,29,32,35H,3,15-17H2,1-2H3. The maximum Gasteiger partial charge on any atom is 0.290 e. The molecule has 0 spiro atoms. The number of aromatic nitrogens is 1. The summed E-state index contributed by atoms with van der Waals surface area (Å²) in [5.41, 5.74) is 5.00. The van der Waals surface area contributed by atoms with Crippen LogP contribution in [-0.2, 0) is 28.9 Å². The van der Waals surface area contributed by atoms with Crippen molar-refractivity contribution >= 4 is 22.6 Å². The van der Waals surface area contributed by atoms with Gasteiger partial charge >= 0.3 is 0 Å². The molecule has 6 nitrogen and oxygen atoms in total. The van der Waals surface area contributed by atoms with Gasteiger partial charge in [-0.1, -0.05) is 61.5 Å². The van der Waals surface area contributed by atoms with Crippen LogP contribution in [0.15, 0.2) is 90.3 Å². The molecule has 37 heavy (non-hydrogen) atoms.